The second-order valence-corrected chi connectivity index (χ2v) is 8.02. The van der Waals surface area contributed by atoms with Gasteiger partial charge in [-0.3, -0.25) is 4.90 Å². The first kappa shape index (κ1) is 17.0. The first-order valence-electron chi connectivity index (χ1n) is 9.17. The minimum absolute atomic E-state index is 0.0545. The number of piperidine rings is 1. The molecule has 1 saturated heterocycles. The van der Waals surface area contributed by atoms with Crippen LogP contribution in [-0.2, 0) is 5.41 Å². The average molecular weight is 351 g/mol. The maximum Gasteiger partial charge on any atom is 0.339 e. The van der Waals surface area contributed by atoms with Gasteiger partial charge in [0.2, 0.25) is 0 Å². The molecule has 1 aliphatic carbocycles. The molecule has 0 amide bonds. The summed E-state index contributed by atoms with van der Waals surface area (Å²) in [6, 6.07) is 10.8. The summed E-state index contributed by atoms with van der Waals surface area (Å²) in [5, 5.41) is 9.30. The number of nitrogens with two attached hydrogens (primary N) is 1. The third-order valence-corrected chi connectivity index (χ3v) is 6.15. The molecule has 5 nitrogen and oxygen atoms in total. The van der Waals surface area contributed by atoms with Crippen LogP contribution in [0.2, 0.25) is 0 Å². The normalized spacial score (nSPS) is 24.7. The highest BCUT2D eigenvalue weighted by Gasteiger charge is 2.60. The van der Waals surface area contributed by atoms with Crippen molar-refractivity contribution in [3.05, 3.63) is 47.2 Å². The van der Waals surface area contributed by atoms with Crippen molar-refractivity contribution in [1.82, 2.24) is 9.88 Å². The van der Waals surface area contributed by atoms with Gasteiger partial charge >= 0.3 is 5.97 Å². The van der Waals surface area contributed by atoms with E-state index in [0.29, 0.717) is 11.5 Å². The number of nitrogen functional groups attached to an aromatic ring is 1. The fourth-order valence-corrected chi connectivity index (χ4v) is 4.43. The number of pyridine rings is 1. The van der Waals surface area contributed by atoms with Gasteiger partial charge in [-0.15, -0.1) is 0 Å². The third kappa shape index (κ3) is 2.58. The molecule has 0 bridgehead atoms. The molecule has 2 atom stereocenters. The standard InChI is InChI=1S/C21H25N3O2/c1-12(2)24-10-16-9-21(16,11-24)15-6-4-14(5-7-15)17-8-18(20(25)26)19(22)23-13(17)3/h4-8,12,16H,9-11H2,1-3H3,(H2,22,23)(H,25,26)/t16-,21+/m1/s1. The lowest BCUT2D eigenvalue weighted by molar-refractivity contribution is 0.0697. The van der Waals surface area contributed by atoms with Crippen molar-refractivity contribution >= 4 is 11.8 Å². The molecule has 2 fully saturated rings. The van der Waals surface area contributed by atoms with Crippen molar-refractivity contribution in [3.63, 3.8) is 0 Å². The lowest BCUT2D eigenvalue weighted by Crippen LogP contribution is -2.32. The van der Waals surface area contributed by atoms with E-state index in [4.69, 9.17) is 5.73 Å². The van der Waals surface area contributed by atoms with Crippen LogP contribution in [0.25, 0.3) is 11.1 Å². The summed E-state index contributed by atoms with van der Waals surface area (Å²) in [7, 11) is 0. The molecule has 1 saturated carbocycles. The quantitative estimate of drug-likeness (QED) is 0.883. The van der Waals surface area contributed by atoms with Crippen LogP contribution < -0.4 is 5.73 Å². The minimum atomic E-state index is -1.05. The van der Waals surface area contributed by atoms with Crippen LogP contribution in [-0.4, -0.2) is 40.1 Å². The largest absolute Gasteiger partial charge is 0.478 e. The van der Waals surface area contributed by atoms with Crippen molar-refractivity contribution < 1.29 is 9.90 Å². The number of carboxylic acid groups (broad SMARTS) is 1. The van der Waals surface area contributed by atoms with Crippen molar-refractivity contribution in [1.29, 1.82) is 0 Å². The molecule has 2 aromatic rings. The van der Waals surface area contributed by atoms with Gasteiger partial charge in [-0.25, -0.2) is 9.78 Å². The molecule has 4 rings (SSSR count). The van der Waals surface area contributed by atoms with Gasteiger partial charge in [-0.1, -0.05) is 24.3 Å². The molecule has 2 aliphatic rings. The predicted octanol–water partition coefficient (Wildman–Crippen LogP) is 3.32. The Morgan fingerprint density at radius 2 is 2.04 bits per heavy atom. The van der Waals surface area contributed by atoms with E-state index >= 15 is 0 Å². The Hall–Kier alpha value is -2.40. The average Bonchev–Trinajstić information content (AvgIpc) is 3.16. The Kier molecular flexibility index (Phi) is 3.81. The number of carboxylic acids is 1. The summed E-state index contributed by atoms with van der Waals surface area (Å²) in [6.07, 6.45) is 1.28. The van der Waals surface area contributed by atoms with Crippen LogP contribution in [0.15, 0.2) is 30.3 Å². The zero-order valence-corrected chi connectivity index (χ0v) is 15.5. The first-order valence-corrected chi connectivity index (χ1v) is 9.17. The van der Waals surface area contributed by atoms with Gasteiger partial charge < -0.3 is 10.8 Å². The highest BCUT2D eigenvalue weighted by molar-refractivity contribution is 5.94. The number of benzene rings is 1. The molecule has 1 aromatic heterocycles. The molecule has 1 aromatic carbocycles. The van der Waals surface area contributed by atoms with Crippen LogP contribution in [0.1, 0.15) is 41.9 Å². The summed E-state index contributed by atoms with van der Waals surface area (Å²) in [6.45, 7) is 8.72. The second-order valence-electron chi connectivity index (χ2n) is 8.02. The van der Waals surface area contributed by atoms with Gasteiger partial charge in [-0.2, -0.15) is 0 Å². The van der Waals surface area contributed by atoms with Crippen molar-refractivity contribution in [2.45, 2.75) is 38.6 Å². The Morgan fingerprint density at radius 3 is 2.62 bits per heavy atom. The molecule has 5 heteroatoms. The number of nitrogens with zero attached hydrogens (tertiary/aromatic N) is 2. The number of aromatic carboxylic acids is 1. The molecule has 0 spiro atoms. The maximum absolute atomic E-state index is 11.4. The molecule has 2 heterocycles. The monoisotopic (exact) mass is 351 g/mol. The van der Waals surface area contributed by atoms with E-state index in [1.807, 2.05) is 6.92 Å². The van der Waals surface area contributed by atoms with Gasteiger partial charge in [0, 0.05) is 35.8 Å². The van der Waals surface area contributed by atoms with Gasteiger partial charge in [-0.05, 0) is 50.3 Å². The lowest BCUT2D eigenvalue weighted by Gasteiger charge is -2.24. The van der Waals surface area contributed by atoms with Crippen molar-refractivity contribution in [2.24, 2.45) is 5.92 Å². The first-order chi connectivity index (χ1) is 12.3. The highest BCUT2D eigenvalue weighted by atomic mass is 16.4. The summed E-state index contributed by atoms with van der Waals surface area (Å²) < 4.78 is 0. The molecular formula is C21H25N3O2. The lowest BCUT2D eigenvalue weighted by atomic mass is 9.92. The Labute approximate surface area is 153 Å². The fourth-order valence-electron chi connectivity index (χ4n) is 4.43. The third-order valence-electron chi connectivity index (χ3n) is 6.15. The molecule has 26 heavy (non-hydrogen) atoms. The predicted molar refractivity (Wildman–Crippen MR) is 102 cm³/mol. The van der Waals surface area contributed by atoms with E-state index in [-0.39, 0.29) is 11.4 Å². The maximum atomic E-state index is 11.4. The highest BCUT2D eigenvalue weighted by Crippen LogP contribution is 2.59. The molecule has 1 aliphatic heterocycles. The van der Waals surface area contributed by atoms with Crippen molar-refractivity contribution in [3.8, 4) is 11.1 Å². The van der Waals surface area contributed by atoms with Gasteiger partial charge in [0.25, 0.3) is 0 Å². The number of anilines is 1. The smallest absolute Gasteiger partial charge is 0.339 e. The minimum Gasteiger partial charge on any atom is -0.478 e. The van der Waals surface area contributed by atoms with E-state index in [1.54, 1.807) is 6.07 Å². The zero-order valence-electron chi connectivity index (χ0n) is 15.5. The fraction of sp³-hybridized carbons (Fsp3) is 0.429. The number of rotatable bonds is 4. The summed E-state index contributed by atoms with van der Waals surface area (Å²) >= 11 is 0. The van der Waals surface area contributed by atoms with Crippen LogP contribution >= 0.6 is 0 Å². The molecule has 136 valence electrons. The Morgan fingerprint density at radius 1 is 1.35 bits per heavy atom. The summed E-state index contributed by atoms with van der Waals surface area (Å²) in [5.41, 5.74) is 10.1. The van der Waals surface area contributed by atoms with E-state index in [1.165, 1.54) is 18.5 Å². The summed E-state index contributed by atoms with van der Waals surface area (Å²) in [4.78, 5) is 18.1. The topological polar surface area (TPSA) is 79.4 Å². The molecular weight excluding hydrogens is 326 g/mol. The number of hydrogen-bond acceptors (Lipinski definition) is 4. The van der Waals surface area contributed by atoms with Gasteiger partial charge in [0.1, 0.15) is 11.4 Å². The second kappa shape index (κ2) is 5.81. The van der Waals surface area contributed by atoms with Crippen LogP contribution in [0.5, 0.6) is 0 Å². The van der Waals surface area contributed by atoms with E-state index in [9.17, 15) is 9.90 Å². The van der Waals surface area contributed by atoms with E-state index < -0.39 is 5.97 Å². The summed E-state index contributed by atoms with van der Waals surface area (Å²) in [5.74, 6) is -0.212. The Bertz CT molecular complexity index is 876. The number of aryl methyl sites for hydroxylation is 1. The van der Waals surface area contributed by atoms with Crippen LogP contribution in [0.3, 0.4) is 0 Å². The van der Waals surface area contributed by atoms with Gasteiger partial charge in [0.05, 0.1) is 0 Å². The molecule has 3 N–H and O–H groups in total. The number of likely N-dealkylation sites (tertiary alicyclic amines) is 1. The Balaban J connectivity index is 1.64. The van der Waals surface area contributed by atoms with E-state index in [2.05, 4.69) is 48.0 Å². The zero-order chi connectivity index (χ0) is 18.6. The van der Waals surface area contributed by atoms with E-state index in [0.717, 1.165) is 29.3 Å². The molecule has 0 radical (unpaired) electrons. The SMILES string of the molecule is Cc1nc(N)c(C(=O)O)cc1-c1ccc([C@@]23C[C@@H]2CN(C(C)C)C3)cc1. The number of carbonyl (C=O) groups is 1. The van der Waals surface area contributed by atoms with Crippen LogP contribution in [0.4, 0.5) is 5.82 Å². The van der Waals surface area contributed by atoms with Crippen molar-refractivity contribution in [2.75, 3.05) is 18.8 Å². The number of aromatic nitrogens is 1. The van der Waals surface area contributed by atoms with Crippen LogP contribution in [0, 0.1) is 12.8 Å². The number of fused-ring (bicyclic) bond motifs is 1. The number of hydrogen-bond donors (Lipinski definition) is 2. The molecule has 0 unspecified atom stereocenters. The van der Waals surface area contributed by atoms with Gasteiger partial charge in [0.15, 0.2) is 0 Å².